The number of alkyl halides is 5. The summed E-state index contributed by atoms with van der Waals surface area (Å²) in [4.78, 5) is 35.0. The standard InChI is InChI=1S/C38H35F5N4O3/c39-36(40)10-8-25(9-11-36)47-19-28(26-7-6-22(14-29(26)47)21-4-2-1-3-5-21)32-44-18-27(31(45-32)38(41,42)43)33(48)46-37(34(49)50)24-13-20-12-23-15-30(37)35(23,16-20)17-24/h1-7,14,18-20,23-25,30H,8-13,15-17H2,(H,46,48)(H,49,50). The number of nitrogens with one attached hydrogen (secondary N) is 1. The zero-order chi connectivity index (χ0) is 34.8. The molecule has 5 aliphatic rings. The minimum absolute atomic E-state index is 0.157. The highest BCUT2D eigenvalue weighted by Crippen LogP contribution is 2.78. The lowest BCUT2D eigenvalue weighted by Gasteiger charge is -2.53. The molecule has 50 heavy (non-hydrogen) atoms. The summed E-state index contributed by atoms with van der Waals surface area (Å²) in [5.74, 6) is -5.26. The van der Waals surface area contributed by atoms with Crippen molar-refractivity contribution in [3.8, 4) is 22.5 Å². The van der Waals surface area contributed by atoms with Gasteiger partial charge in [0.2, 0.25) is 5.92 Å². The molecule has 7 nitrogen and oxygen atoms in total. The van der Waals surface area contributed by atoms with Crippen LogP contribution in [0.5, 0.6) is 0 Å². The van der Waals surface area contributed by atoms with Gasteiger partial charge in [-0.1, -0.05) is 42.5 Å². The minimum atomic E-state index is -5.06. The first-order chi connectivity index (χ1) is 23.8. The average Bonchev–Trinajstić information content (AvgIpc) is 3.60. The molecule has 2 heterocycles. The largest absolute Gasteiger partial charge is 0.479 e. The lowest BCUT2D eigenvalue weighted by Crippen LogP contribution is -2.65. The van der Waals surface area contributed by atoms with Crippen molar-refractivity contribution >= 4 is 22.8 Å². The Hall–Kier alpha value is -4.35. The molecule has 0 saturated heterocycles. The van der Waals surface area contributed by atoms with Crippen LogP contribution >= 0.6 is 0 Å². The van der Waals surface area contributed by atoms with Gasteiger partial charge in [0.25, 0.3) is 5.91 Å². The Bertz CT molecular complexity index is 2050. The summed E-state index contributed by atoms with van der Waals surface area (Å²) in [6.07, 6.45) is 1.12. The molecular weight excluding hydrogens is 655 g/mol. The molecule has 6 atom stereocenters. The molecule has 3 bridgehead atoms. The van der Waals surface area contributed by atoms with Gasteiger partial charge in [-0.2, -0.15) is 13.2 Å². The Morgan fingerprint density at radius 1 is 0.940 bits per heavy atom. The number of benzene rings is 2. The van der Waals surface area contributed by atoms with Crippen LogP contribution < -0.4 is 5.32 Å². The minimum Gasteiger partial charge on any atom is -0.479 e. The fraction of sp³-hybridized carbons (Fsp3) is 0.474. The van der Waals surface area contributed by atoms with Gasteiger partial charge in [0.1, 0.15) is 5.54 Å². The lowest BCUT2D eigenvalue weighted by molar-refractivity contribution is -0.153. The molecule has 2 aromatic heterocycles. The number of carbonyl (C=O) groups is 2. The molecule has 260 valence electrons. The number of rotatable bonds is 6. The van der Waals surface area contributed by atoms with Crippen molar-refractivity contribution in [1.29, 1.82) is 0 Å². The number of carboxylic acids is 1. The van der Waals surface area contributed by atoms with E-state index in [9.17, 15) is 36.6 Å². The van der Waals surface area contributed by atoms with Crippen LogP contribution in [0.3, 0.4) is 0 Å². The molecule has 1 amide bonds. The Morgan fingerprint density at radius 3 is 2.40 bits per heavy atom. The number of aromatic nitrogens is 3. The molecule has 9 rings (SSSR count). The highest BCUT2D eigenvalue weighted by atomic mass is 19.4. The summed E-state index contributed by atoms with van der Waals surface area (Å²) in [5, 5.41) is 13.8. The zero-order valence-corrected chi connectivity index (χ0v) is 27.0. The van der Waals surface area contributed by atoms with Crippen LogP contribution in [0.2, 0.25) is 0 Å². The maximum Gasteiger partial charge on any atom is 0.434 e. The molecule has 0 radical (unpaired) electrons. The van der Waals surface area contributed by atoms with E-state index in [0.29, 0.717) is 42.0 Å². The van der Waals surface area contributed by atoms with Crippen LogP contribution in [0.15, 0.2) is 60.9 Å². The maximum atomic E-state index is 14.8. The van der Waals surface area contributed by atoms with Crippen molar-refractivity contribution in [3.63, 3.8) is 0 Å². The second-order valence-corrected chi connectivity index (χ2v) is 15.4. The summed E-state index contributed by atoms with van der Waals surface area (Å²) in [6.45, 7) is 0. The van der Waals surface area contributed by atoms with E-state index in [0.717, 1.165) is 30.2 Å². The Morgan fingerprint density at radius 2 is 1.68 bits per heavy atom. The number of nitrogens with zero attached hydrogens (tertiary/aromatic N) is 3. The highest BCUT2D eigenvalue weighted by Gasteiger charge is 2.78. The number of hydrogen-bond donors (Lipinski definition) is 2. The van der Waals surface area contributed by atoms with E-state index in [1.807, 2.05) is 47.0 Å². The van der Waals surface area contributed by atoms with E-state index < -0.39 is 40.8 Å². The molecule has 12 heteroatoms. The number of carbonyl (C=O) groups excluding carboxylic acids is 1. The van der Waals surface area contributed by atoms with Gasteiger partial charge in [-0.05, 0) is 91.2 Å². The van der Waals surface area contributed by atoms with Crippen LogP contribution in [-0.2, 0) is 11.0 Å². The van der Waals surface area contributed by atoms with Crippen molar-refractivity contribution in [2.24, 2.45) is 29.1 Å². The monoisotopic (exact) mass is 690 g/mol. The fourth-order valence-corrected chi connectivity index (χ4v) is 10.9. The summed E-state index contributed by atoms with van der Waals surface area (Å²) < 4.78 is 74.4. The number of amides is 1. The first-order valence-corrected chi connectivity index (χ1v) is 17.4. The predicted molar refractivity (Wildman–Crippen MR) is 173 cm³/mol. The molecule has 2 aromatic carbocycles. The molecule has 5 fully saturated rings. The molecule has 2 N–H and O–H groups in total. The topological polar surface area (TPSA) is 97.1 Å². The SMILES string of the molecule is O=C(NC1(C(=O)O)C2CC3CC4CC1C4(C3)C2)c1cnc(-c2cn(C3CCC(F)(F)CC3)c3cc(-c4ccccc4)ccc23)nc1C(F)(F)F. The molecule has 0 aliphatic heterocycles. The maximum absolute atomic E-state index is 14.8. The Balaban J connectivity index is 1.11. The van der Waals surface area contributed by atoms with Crippen molar-refractivity contribution in [2.75, 3.05) is 0 Å². The summed E-state index contributed by atoms with van der Waals surface area (Å²) in [5.41, 5.74) is -1.38. The average molecular weight is 691 g/mol. The normalized spacial score (nSPS) is 31.1. The lowest BCUT2D eigenvalue weighted by atomic mass is 9.53. The van der Waals surface area contributed by atoms with Crippen LogP contribution in [-0.4, -0.2) is 43.0 Å². The van der Waals surface area contributed by atoms with E-state index >= 15 is 0 Å². The van der Waals surface area contributed by atoms with Crippen LogP contribution in [0.25, 0.3) is 33.4 Å². The third-order valence-electron chi connectivity index (χ3n) is 13.0. The number of halogens is 5. The summed E-state index contributed by atoms with van der Waals surface area (Å²) in [7, 11) is 0. The van der Waals surface area contributed by atoms with E-state index in [1.165, 1.54) is 0 Å². The Labute approximate surface area is 284 Å². The van der Waals surface area contributed by atoms with Gasteiger partial charge in [-0.25, -0.2) is 23.5 Å². The van der Waals surface area contributed by atoms with Crippen molar-refractivity contribution in [3.05, 3.63) is 72.2 Å². The van der Waals surface area contributed by atoms with Gasteiger partial charge >= 0.3 is 12.1 Å². The van der Waals surface area contributed by atoms with Crippen molar-refractivity contribution in [1.82, 2.24) is 19.9 Å². The molecular formula is C38H35F5N4O3. The van der Waals surface area contributed by atoms with Crippen molar-refractivity contribution in [2.45, 2.75) is 81.5 Å². The molecule has 1 spiro atoms. The second kappa shape index (κ2) is 10.6. The number of aliphatic carboxylic acids is 1. The van der Waals surface area contributed by atoms with Gasteiger partial charge in [-0.3, -0.25) is 4.79 Å². The van der Waals surface area contributed by atoms with E-state index in [2.05, 4.69) is 15.3 Å². The van der Waals surface area contributed by atoms with Gasteiger partial charge in [0, 0.05) is 47.7 Å². The zero-order valence-electron chi connectivity index (χ0n) is 27.0. The molecule has 6 unspecified atom stereocenters. The summed E-state index contributed by atoms with van der Waals surface area (Å²) in [6, 6.07) is 14.7. The predicted octanol–water partition coefficient (Wildman–Crippen LogP) is 8.54. The first kappa shape index (κ1) is 31.6. The number of carboxylic acid groups (broad SMARTS) is 1. The third-order valence-corrected chi connectivity index (χ3v) is 13.0. The fourth-order valence-electron chi connectivity index (χ4n) is 10.9. The van der Waals surface area contributed by atoms with Gasteiger partial charge < -0.3 is 15.0 Å². The molecule has 4 aromatic rings. The van der Waals surface area contributed by atoms with E-state index in [4.69, 9.17) is 0 Å². The van der Waals surface area contributed by atoms with E-state index in [-0.39, 0.29) is 60.4 Å². The number of fused-ring (bicyclic) bond motifs is 3. The number of hydrogen-bond acceptors (Lipinski definition) is 4. The molecule has 5 aliphatic carbocycles. The van der Waals surface area contributed by atoms with E-state index in [1.54, 1.807) is 12.3 Å². The van der Waals surface area contributed by atoms with Crippen LogP contribution in [0.1, 0.15) is 79.9 Å². The third kappa shape index (κ3) is 4.51. The highest BCUT2D eigenvalue weighted by molar-refractivity contribution is 6.00. The smallest absolute Gasteiger partial charge is 0.434 e. The quantitative estimate of drug-likeness (QED) is 0.198. The molecule has 5 saturated carbocycles. The van der Waals surface area contributed by atoms with Crippen LogP contribution in [0.4, 0.5) is 22.0 Å². The van der Waals surface area contributed by atoms with Crippen LogP contribution in [0, 0.1) is 29.1 Å². The summed E-state index contributed by atoms with van der Waals surface area (Å²) >= 11 is 0. The first-order valence-electron chi connectivity index (χ1n) is 17.4. The van der Waals surface area contributed by atoms with Crippen molar-refractivity contribution < 1.29 is 36.6 Å². The van der Waals surface area contributed by atoms with Gasteiger partial charge in [-0.15, -0.1) is 0 Å². The van der Waals surface area contributed by atoms with Gasteiger partial charge in [0.05, 0.1) is 5.56 Å². The Kier molecular flexibility index (Phi) is 6.69. The second-order valence-electron chi connectivity index (χ2n) is 15.4. The van der Waals surface area contributed by atoms with Gasteiger partial charge in [0.15, 0.2) is 11.5 Å².